The van der Waals surface area contributed by atoms with Crippen LogP contribution in [0, 0.1) is 5.41 Å². The van der Waals surface area contributed by atoms with Gasteiger partial charge in [0.25, 0.3) is 11.5 Å². The van der Waals surface area contributed by atoms with Crippen molar-refractivity contribution in [1.29, 1.82) is 5.41 Å². The minimum Gasteiger partial charge on any atom is -0.399 e. The number of rotatable bonds is 10. The second kappa shape index (κ2) is 11.8. The van der Waals surface area contributed by atoms with Gasteiger partial charge in [-0.05, 0) is 56.9 Å². The molecule has 0 bridgehead atoms. The van der Waals surface area contributed by atoms with Crippen molar-refractivity contribution in [3.05, 3.63) is 75.7 Å². The Balaban J connectivity index is 1.61. The van der Waals surface area contributed by atoms with Crippen LogP contribution in [0.4, 0.5) is 11.5 Å². The second-order valence-corrected chi connectivity index (χ2v) is 10.0. The largest absolute Gasteiger partial charge is 0.399 e. The smallest absolute Gasteiger partial charge is 0.294 e. The summed E-state index contributed by atoms with van der Waals surface area (Å²) in [6, 6.07) is 12.0. The Bertz CT molecular complexity index is 1440. The van der Waals surface area contributed by atoms with Gasteiger partial charge in [-0.1, -0.05) is 24.3 Å². The van der Waals surface area contributed by atoms with Crippen LogP contribution in [0.2, 0.25) is 0 Å². The van der Waals surface area contributed by atoms with Gasteiger partial charge in [0.2, 0.25) is 5.91 Å². The van der Waals surface area contributed by atoms with Crippen LogP contribution in [0.15, 0.2) is 53.5 Å². The number of benzene rings is 2. The molecule has 1 aromatic heterocycles. The number of carbonyl (C=O) groups excluding carboxylic acids is 2. The van der Waals surface area contributed by atoms with Gasteiger partial charge in [0.05, 0.1) is 11.9 Å². The highest BCUT2D eigenvalue weighted by Gasteiger charge is 2.22. The van der Waals surface area contributed by atoms with E-state index >= 15 is 0 Å². The Morgan fingerprint density at radius 1 is 1.13 bits per heavy atom. The summed E-state index contributed by atoms with van der Waals surface area (Å²) in [6.45, 7) is 3.73. The Kier molecular flexibility index (Phi) is 8.28. The number of nitrogen functional groups attached to an aromatic ring is 2. The molecule has 0 unspecified atom stereocenters. The Morgan fingerprint density at radius 2 is 1.85 bits per heavy atom. The molecule has 2 aromatic carbocycles. The zero-order chi connectivity index (χ0) is 28.1. The second-order valence-electron chi connectivity index (χ2n) is 10.0. The van der Waals surface area contributed by atoms with Gasteiger partial charge in [-0.15, -0.1) is 0 Å². The van der Waals surface area contributed by atoms with Crippen LogP contribution in [0.1, 0.15) is 54.6 Å². The maximum Gasteiger partial charge on any atom is 0.294 e. The van der Waals surface area contributed by atoms with Gasteiger partial charge in [0, 0.05) is 41.0 Å². The number of hydrogen-bond donors (Lipinski definition) is 6. The van der Waals surface area contributed by atoms with Crippen molar-refractivity contribution >= 4 is 29.2 Å². The van der Waals surface area contributed by atoms with E-state index in [4.69, 9.17) is 16.9 Å². The summed E-state index contributed by atoms with van der Waals surface area (Å²) in [6.07, 6.45) is 4.49. The molecular formula is C28H34N8O3. The summed E-state index contributed by atoms with van der Waals surface area (Å²) in [5.74, 6) is -0.538. The fraction of sp³-hybridized carbons (Fsp3) is 0.321. The van der Waals surface area contributed by atoms with E-state index in [1.54, 1.807) is 42.5 Å². The number of nitrogens with two attached hydrogens (primary N) is 2. The zero-order valence-corrected chi connectivity index (χ0v) is 22.1. The van der Waals surface area contributed by atoms with E-state index in [1.165, 1.54) is 10.8 Å². The van der Waals surface area contributed by atoms with Gasteiger partial charge in [-0.2, -0.15) is 0 Å². The van der Waals surface area contributed by atoms with E-state index < -0.39 is 5.56 Å². The Labute approximate surface area is 226 Å². The highest BCUT2D eigenvalue weighted by Crippen LogP contribution is 2.25. The molecule has 11 nitrogen and oxygen atoms in total. The molecule has 11 heteroatoms. The third kappa shape index (κ3) is 6.81. The van der Waals surface area contributed by atoms with Gasteiger partial charge < -0.3 is 27.4 Å². The van der Waals surface area contributed by atoms with Crippen LogP contribution >= 0.6 is 0 Å². The van der Waals surface area contributed by atoms with Gasteiger partial charge in [-0.25, -0.2) is 4.98 Å². The predicted octanol–water partition coefficient (Wildman–Crippen LogP) is 2.20. The molecule has 0 atom stereocenters. The van der Waals surface area contributed by atoms with Crippen LogP contribution in [-0.4, -0.2) is 39.3 Å². The van der Waals surface area contributed by atoms with Crippen molar-refractivity contribution in [1.82, 2.24) is 20.2 Å². The van der Waals surface area contributed by atoms with Crippen molar-refractivity contribution in [2.75, 3.05) is 11.1 Å². The van der Waals surface area contributed by atoms with Crippen molar-refractivity contribution in [3.63, 3.8) is 0 Å². The summed E-state index contributed by atoms with van der Waals surface area (Å²) < 4.78 is 1.33. The number of anilines is 2. The molecule has 2 amide bonds. The topological polar surface area (TPSA) is 181 Å². The summed E-state index contributed by atoms with van der Waals surface area (Å²) in [5, 5.41) is 16.3. The summed E-state index contributed by atoms with van der Waals surface area (Å²) in [7, 11) is 0. The molecule has 4 rings (SSSR count). The van der Waals surface area contributed by atoms with Crippen molar-refractivity contribution in [2.45, 2.75) is 58.3 Å². The highest BCUT2D eigenvalue weighted by molar-refractivity contribution is 5.97. The lowest BCUT2D eigenvalue weighted by atomic mass is 9.93. The Hall–Kier alpha value is -4.67. The monoisotopic (exact) mass is 530 g/mol. The SMILES string of the molecule is CC(C)Nc1ncc(-c2cc(N)cc(C(=O)NC3CCC3)c2)n(CC(=O)NCc2ccc(C(=N)N)cc2)c1=O. The standard InChI is InChI=1S/C28H34N8O3/c1-16(2)34-26-28(39)36(15-24(37)32-13-17-6-8-18(9-7-17)25(30)31)23(14-33-26)19-10-20(12-21(29)11-19)27(38)35-22-4-3-5-22/h6-12,14,16,22H,3-5,13,15,29H2,1-2H3,(H3,30,31)(H,32,37)(H,33,34)(H,35,38). The lowest BCUT2D eigenvalue weighted by Gasteiger charge is -2.26. The third-order valence-electron chi connectivity index (χ3n) is 6.49. The fourth-order valence-electron chi connectivity index (χ4n) is 4.20. The molecule has 0 spiro atoms. The van der Waals surface area contributed by atoms with Gasteiger partial charge in [0.15, 0.2) is 5.82 Å². The van der Waals surface area contributed by atoms with Crippen LogP contribution in [0.25, 0.3) is 11.3 Å². The zero-order valence-electron chi connectivity index (χ0n) is 22.1. The average Bonchev–Trinajstić information content (AvgIpc) is 2.87. The van der Waals surface area contributed by atoms with Crippen LogP contribution in [0.5, 0.6) is 0 Å². The van der Waals surface area contributed by atoms with E-state index in [0.29, 0.717) is 28.1 Å². The van der Waals surface area contributed by atoms with E-state index in [-0.39, 0.29) is 48.6 Å². The van der Waals surface area contributed by atoms with Gasteiger partial charge in [0.1, 0.15) is 12.4 Å². The Morgan fingerprint density at radius 3 is 2.46 bits per heavy atom. The van der Waals surface area contributed by atoms with Gasteiger partial charge >= 0.3 is 0 Å². The molecule has 0 radical (unpaired) electrons. The molecule has 204 valence electrons. The first-order valence-corrected chi connectivity index (χ1v) is 12.9. The number of amidine groups is 1. The summed E-state index contributed by atoms with van der Waals surface area (Å²) in [5.41, 5.74) is 14.2. The van der Waals surface area contributed by atoms with Crippen LogP contribution in [-0.2, 0) is 17.9 Å². The molecule has 8 N–H and O–H groups in total. The van der Waals surface area contributed by atoms with E-state index in [0.717, 1.165) is 24.8 Å². The van der Waals surface area contributed by atoms with E-state index in [2.05, 4.69) is 20.9 Å². The summed E-state index contributed by atoms with van der Waals surface area (Å²) >= 11 is 0. The summed E-state index contributed by atoms with van der Waals surface area (Å²) in [4.78, 5) is 43.5. The molecule has 1 fully saturated rings. The highest BCUT2D eigenvalue weighted by atomic mass is 16.2. The molecule has 39 heavy (non-hydrogen) atoms. The van der Waals surface area contributed by atoms with Crippen molar-refractivity contribution in [2.24, 2.45) is 5.73 Å². The number of carbonyl (C=O) groups is 2. The first-order valence-electron chi connectivity index (χ1n) is 12.9. The average molecular weight is 531 g/mol. The van der Waals surface area contributed by atoms with Crippen molar-refractivity contribution < 1.29 is 9.59 Å². The number of hydrogen-bond acceptors (Lipinski definition) is 7. The van der Waals surface area contributed by atoms with Crippen LogP contribution in [0.3, 0.4) is 0 Å². The molecule has 0 aliphatic heterocycles. The number of nitrogens with zero attached hydrogens (tertiary/aromatic N) is 2. The quantitative estimate of drug-likeness (QED) is 0.132. The first-order chi connectivity index (χ1) is 18.6. The number of nitrogens with one attached hydrogen (secondary N) is 4. The first kappa shape index (κ1) is 27.4. The minimum atomic E-state index is -0.468. The van der Waals surface area contributed by atoms with Crippen LogP contribution < -0.4 is 33.0 Å². The lowest BCUT2D eigenvalue weighted by Crippen LogP contribution is -2.39. The fourth-order valence-corrected chi connectivity index (χ4v) is 4.20. The molecule has 0 saturated heterocycles. The van der Waals surface area contributed by atoms with Gasteiger partial charge in [-0.3, -0.25) is 24.4 Å². The predicted molar refractivity (Wildman–Crippen MR) is 152 cm³/mol. The molecule has 1 aliphatic carbocycles. The lowest BCUT2D eigenvalue weighted by molar-refractivity contribution is -0.121. The molecule has 1 heterocycles. The number of amides is 2. The van der Waals surface area contributed by atoms with Crippen molar-refractivity contribution in [3.8, 4) is 11.3 Å². The molecule has 1 aliphatic rings. The maximum absolute atomic E-state index is 13.4. The minimum absolute atomic E-state index is 0.0359. The maximum atomic E-state index is 13.4. The number of aromatic nitrogens is 2. The normalized spacial score (nSPS) is 13.0. The molecular weight excluding hydrogens is 496 g/mol. The molecule has 3 aromatic rings. The third-order valence-corrected chi connectivity index (χ3v) is 6.49. The molecule has 1 saturated carbocycles. The van der Waals surface area contributed by atoms with E-state index in [9.17, 15) is 14.4 Å². The van der Waals surface area contributed by atoms with E-state index in [1.807, 2.05) is 13.8 Å².